The van der Waals surface area contributed by atoms with E-state index in [0.29, 0.717) is 30.3 Å². The highest BCUT2D eigenvalue weighted by molar-refractivity contribution is 5.77. The minimum atomic E-state index is -0.172. The van der Waals surface area contributed by atoms with Crippen LogP contribution in [0.4, 0.5) is 0 Å². The van der Waals surface area contributed by atoms with E-state index in [1.165, 1.54) is 4.90 Å². The van der Waals surface area contributed by atoms with Crippen LogP contribution in [0.15, 0.2) is 48.7 Å². The molecule has 1 amide bonds. The lowest BCUT2D eigenvalue weighted by atomic mass is 10.3. The SMILES string of the molecule is CN(CCC#N)C(=O)COc1ccc(Oc2ccccn2)cc1. The number of hydrogen-bond donors (Lipinski definition) is 0. The summed E-state index contributed by atoms with van der Waals surface area (Å²) in [4.78, 5) is 17.3. The van der Waals surface area contributed by atoms with Crippen molar-refractivity contribution in [3.05, 3.63) is 48.7 Å². The Morgan fingerprint density at radius 3 is 2.61 bits per heavy atom. The topological polar surface area (TPSA) is 75.5 Å². The Morgan fingerprint density at radius 1 is 1.22 bits per heavy atom. The van der Waals surface area contributed by atoms with E-state index in [0.717, 1.165) is 0 Å². The van der Waals surface area contributed by atoms with Crippen molar-refractivity contribution in [3.63, 3.8) is 0 Å². The molecule has 23 heavy (non-hydrogen) atoms. The Bertz CT molecular complexity index is 666. The summed E-state index contributed by atoms with van der Waals surface area (Å²) in [6, 6.07) is 14.4. The van der Waals surface area contributed by atoms with Gasteiger partial charge in [-0.15, -0.1) is 0 Å². The van der Waals surface area contributed by atoms with E-state index in [4.69, 9.17) is 14.7 Å². The summed E-state index contributed by atoms with van der Waals surface area (Å²) in [6.07, 6.45) is 1.96. The van der Waals surface area contributed by atoms with E-state index >= 15 is 0 Å². The van der Waals surface area contributed by atoms with Gasteiger partial charge in [0.05, 0.1) is 12.5 Å². The van der Waals surface area contributed by atoms with E-state index in [-0.39, 0.29) is 12.5 Å². The predicted molar refractivity (Wildman–Crippen MR) is 84.1 cm³/mol. The second kappa shape index (κ2) is 8.39. The zero-order valence-electron chi connectivity index (χ0n) is 12.8. The van der Waals surface area contributed by atoms with Gasteiger partial charge in [-0.25, -0.2) is 4.98 Å². The Kier molecular flexibility index (Phi) is 5.95. The summed E-state index contributed by atoms with van der Waals surface area (Å²) in [7, 11) is 1.65. The summed E-state index contributed by atoms with van der Waals surface area (Å²) in [6.45, 7) is 0.331. The fourth-order valence-electron chi connectivity index (χ4n) is 1.73. The van der Waals surface area contributed by atoms with Crippen molar-refractivity contribution in [2.75, 3.05) is 20.2 Å². The number of pyridine rings is 1. The van der Waals surface area contributed by atoms with E-state index in [1.807, 2.05) is 18.2 Å². The number of carbonyl (C=O) groups excluding carboxylic acids is 1. The summed E-state index contributed by atoms with van der Waals surface area (Å²) in [5.74, 6) is 1.54. The van der Waals surface area contributed by atoms with Crippen molar-refractivity contribution in [2.45, 2.75) is 6.42 Å². The first kappa shape index (κ1) is 16.3. The maximum absolute atomic E-state index is 11.8. The molecule has 1 aromatic heterocycles. The minimum absolute atomic E-state index is 0.0671. The summed E-state index contributed by atoms with van der Waals surface area (Å²) in [5.41, 5.74) is 0. The Morgan fingerprint density at radius 2 is 1.96 bits per heavy atom. The van der Waals surface area contributed by atoms with Crippen LogP contribution in [-0.4, -0.2) is 36.0 Å². The van der Waals surface area contributed by atoms with Crippen LogP contribution in [0.2, 0.25) is 0 Å². The van der Waals surface area contributed by atoms with Crippen molar-refractivity contribution in [2.24, 2.45) is 0 Å². The van der Waals surface area contributed by atoms with Crippen LogP contribution in [0.1, 0.15) is 6.42 Å². The number of ether oxygens (including phenoxy) is 2. The molecule has 1 heterocycles. The number of nitrogens with zero attached hydrogens (tertiary/aromatic N) is 3. The van der Waals surface area contributed by atoms with Gasteiger partial charge in [-0.3, -0.25) is 4.79 Å². The molecule has 0 saturated heterocycles. The molecule has 0 fully saturated rings. The molecule has 0 spiro atoms. The molecule has 6 nitrogen and oxygen atoms in total. The highest BCUT2D eigenvalue weighted by Crippen LogP contribution is 2.22. The molecule has 2 aromatic rings. The number of amides is 1. The molecule has 0 unspecified atom stereocenters. The first-order valence-electron chi connectivity index (χ1n) is 7.11. The molecule has 118 valence electrons. The number of carbonyl (C=O) groups is 1. The van der Waals surface area contributed by atoms with Gasteiger partial charge in [0.15, 0.2) is 6.61 Å². The molecule has 0 saturated carbocycles. The molecule has 0 atom stereocenters. The van der Waals surface area contributed by atoms with Crippen LogP contribution in [0.3, 0.4) is 0 Å². The van der Waals surface area contributed by atoms with Crippen LogP contribution in [-0.2, 0) is 4.79 Å². The molecule has 2 rings (SSSR count). The summed E-state index contributed by atoms with van der Waals surface area (Å²) < 4.78 is 11.0. The van der Waals surface area contributed by atoms with E-state index in [2.05, 4.69) is 4.98 Å². The molecule has 0 bridgehead atoms. The summed E-state index contributed by atoms with van der Waals surface area (Å²) in [5, 5.41) is 8.50. The first-order valence-corrected chi connectivity index (χ1v) is 7.11. The lowest BCUT2D eigenvalue weighted by Gasteiger charge is -2.15. The normalized spacial score (nSPS) is 9.74. The first-order chi connectivity index (χ1) is 11.2. The molecule has 6 heteroatoms. The molecule has 0 N–H and O–H groups in total. The molecule has 0 aliphatic carbocycles. The highest BCUT2D eigenvalue weighted by Gasteiger charge is 2.09. The Labute approximate surface area is 134 Å². The van der Waals surface area contributed by atoms with Crippen molar-refractivity contribution >= 4 is 5.91 Å². The van der Waals surface area contributed by atoms with Crippen LogP contribution < -0.4 is 9.47 Å². The maximum Gasteiger partial charge on any atom is 0.260 e. The van der Waals surface area contributed by atoms with E-state index in [9.17, 15) is 4.79 Å². The Hall–Kier alpha value is -3.07. The zero-order valence-corrected chi connectivity index (χ0v) is 12.8. The fourth-order valence-corrected chi connectivity index (χ4v) is 1.73. The largest absolute Gasteiger partial charge is 0.484 e. The number of likely N-dealkylation sites (N-methyl/N-ethyl adjacent to an activating group) is 1. The Balaban J connectivity index is 1.83. The van der Waals surface area contributed by atoms with Crippen LogP contribution >= 0.6 is 0 Å². The number of aromatic nitrogens is 1. The van der Waals surface area contributed by atoms with Crippen LogP contribution in [0, 0.1) is 11.3 Å². The van der Waals surface area contributed by atoms with Gasteiger partial charge in [-0.05, 0) is 30.3 Å². The van der Waals surface area contributed by atoms with Gasteiger partial charge in [0.1, 0.15) is 11.5 Å². The van der Waals surface area contributed by atoms with Gasteiger partial charge in [0.2, 0.25) is 5.88 Å². The van der Waals surface area contributed by atoms with Crippen molar-refractivity contribution < 1.29 is 14.3 Å². The number of benzene rings is 1. The van der Waals surface area contributed by atoms with Gasteiger partial charge in [0.25, 0.3) is 5.91 Å². The average molecular weight is 311 g/mol. The third kappa shape index (κ3) is 5.32. The third-order valence-corrected chi connectivity index (χ3v) is 3.03. The maximum atomic E-state index is 11.8. The molecule has 0 aliphatic heterocycles. The number of nitriles is 1. The second-order valence-corrected chi connectivity index (χ2v) is 4.75. The second-order valence-electron chi connectivity index (χ2n) is 4.75. The number of hydrogen-bond acceptors (Lipinski definition) is 5. The molecule has 1 aromatic carbocycles. The van der Waals surface area contributed by atoms with Gasteiger partial charge >= 0.3 is 0 Å². The molecule has 0 radical (unpaired) electrons. The third-order valence-electron chi connectivity index (χ3n) is 3.03. The van der Waals surface area contributed by atoms with E-state index < -0.39 is 0 Å². The monoisotopic (exact) mass is 311 g/mol. The molecular formula is C17H17N3O3. The molecule has 0 aliphatic rings. The van der Waals surface area contributed by atoms with Crippen molar-refractivity contribution in [3.8, 4) is 23.4 Å². The average Bonchev–Trinajstić information content (AvgIpc) is 2.59. The fraction of sp³-hybridized carbons (Fsp3) is 0.235. The summed E-state index contributed by atoms with van der Waals surface area (Å²) >= 11 is 0. The minimum Gasteiger partial charge on any atom is -0.484 e. The standard InChI is InChI=1S/C17H17N3O3/c1-20(12-4-10-18)17(21)13-22-14-6-8-15(9-7-14)23-16-5-2-3-11-19-16/h2-3,5-9,11H,4,12-13H2,1H3. The van der Waals surface area contributed by atoms with Gasteiger partial charge < -0.3 is 14.4 Å². The lowest BCUT2D eigenvalue weighted by molar-refractivity contribution is -0.131. The van der Waals surface area contributed by atoms with Gasteiger partial charge in [-0.1, -0.05) is 6.07 Å². The van der Waals surface area contributed by atoms with Crippen LogP contribution in [0.25, 0.3) is 0 Å². The van der Waals surface area contributed by atoms with Crippen molar-refractivity contribution in [1.29, 1.82) is 5.26 Å². The quantitative estimate of drug-likeness (QED) is 0.785. The van der Waals surface area contributed by atoms with Gasteiger partial charge in [-0.2, -0.15) is 5.26 Å². The van der Waals surface area contributed by atoms with E-state index in [1.54, 1.807) is 43.6 Å². The lowest BCUT2D eigenvalue weighted by Crippen LogP contribution is -2.32. The van der Waals surface area contributed by atoms with Crippen molar-refractivity contribution in [1.82, 2.24) is 9.88 Å². The highest BCUT2D eigenvalue weighted by atomic mass is 16.5. The predicted octanol–water partition coefficient (Wildman–Crippen LogP) is 2.62. The van der Waals surface area contributed by atoms with Crippen LogP contribution in [0.5, 0.6) is 17.4 Å². The molecular weight excluding hydrogens is 294 g/mol. The van der Waals surface area contributed by atoms with Gasteiger partial charge in [0, 0.05) is 25.9 Å². The zero-order chi connectivity index (χ0) is 16.5. The smallest absolute Gasteiger partial charge is 0.260 e. The number of rotatable bonds is 7.